The Hall–Kier alpha value is -1.82. The first-order valence-electron chi connectivity index (χ1n) is 11.2. The number of rotatable bonds is 11. The number of ether oxygens (including phenoxy) is 1. The molecule has 1 saturated heterocycles. The van der Waals surface area contributed by atoms with E-state index in [1.165, 1.54) is 7.11 Å². The number of hydrogen-bond donors (Lipinski definition) is 1. The van der Waals surface area contributed by atoms with Crippen molar-refractivity contribution >= 4 is 34.9 Å². The number of halogens is 3. The van der Waals surface area contributed by atoms with E-state index < -0.39 is 0 Å². The van der Waals surface area contributed by atoms with Crippen LogP contribution in [0.4, 0.5) is 10.1 Å². The van der Waals surface area contributed by atoms with E-state index in [9.17, 15) is 9.18 Å². The first-order chi connectivity index (χ1) is 15.4. The highest BCUT2D eigenvalue weighted by atomic mass is 35.5. The molecule has 0 bridgehead atoms. The highest BCUT2D eigenvalue weighted by molar-refractivity contribution is 6.36. The van der Waals surface area contributed by atoms with Gasteiger partial charge in [-0.05, 0) is 54.8 Å². The van der Waals surface area contributed by atoms with Gasteiger partial charge in [0.25, 0.3) is 0 Å². The molecule has 0 aromatic heterocycles. The predicted octanol–water partition coefficient (Wildman–Crippen LogP) is 6.20. The third kappa shape index (κ3) is 6.15. The van der Waals surface area contributed by atoms with Crippen LogP contribution in [0.15, 0.2) is 36.4 Å². The standard InChI is InChI=1S/C25H31Cl2FN2O2/c1-3-4-6-18(25(31)32-2)11-12-29-14-17-9-10-23(22(28)13-17)30-15-19(16-30)24-20(26)7-5-8-21(24)27/h5,7-10,13,18-19,29H,3-4,6,11-12,14-16H2,1-2H3. The number of benzene rings is 2. The van der Waals surface area contributed by atoms with Gasteiger partial charge >= 0.3 is 5.97 Å². The van der Waals surface area contributed by atoms with Gasteiger partial charge < -0.3 is 15.0 Å². The van der Waals surface area contributed by atoms with Crippen LogP contribution >= 0.6 is 23.2 Å². The van der Waals surface area contributed by atoms with E-state index in [1.54, 1.807) is 6.07 Å². The zero-order valence-electron chi connectivity index (χ0n) is 18.7. The molecule has 1 aliphatic rings. The van der Waals surface area contributed by atoms with E-state index in [1.807, 2.05) is 35.2 Å². The van der Waals surface area contributed by atoms with Crippen LogP contribution in [0.3, 0.4) is 0 Å². The lowest BCUT2D eigenvalue weighted by molar-refractivity contribution is -0.145. The molecule has 0 aliphatic carbocycles. The Bertz CT molecular complexity index is 899. The number of hydrogen-bond acceptors (Lipinski definition) is 4. The molecule has 3 rings (SSSR count). The summed E-state index contributed by atoms with van der Waals surface area (Å²) in [6.07, 6.45) is 3.61. The summed E-state index contributed by atoms with van der Waals surface area (Å²) in [7, 11) is 1.43. The topological polar surface area (TPSA) is 41.6 Å². The van der Waals surface area contributed by atoms with Crippen molar-refractivity contribution in [3.8, 4) is 0 Å². The number of esters is 1. The average molecular weight is 481 g/mol. The third-order valence-electron chi connectivity index (χ3n) is 6.08. The largest absolute Gasteiger partial charge is 0.469 e. The van der Waals surface area contributed by atoms with Crippen LogP contribution < -0.4 is 10.2 Å². The molecule has 32 heavy (non-hydrogen) atoms. The zero-order valence-corrected chi connectivity index (χ0v) is 20.2. The van der Waals surface area contributed by atoms with Crippen LogP contribution in [0.25, 0.3) is 0 Å². The van der Waals surface area contributed by atoms with Crippen molar-refractivity contribution in [1.82, 2.24) is 5.32 Å². The summed E-state index contributed by atoms with van der Waals surface area (Å²) < 4.78 is 19.7. The third-order valence-corrected chi connectivity index (χ3v) is 6.74. The highest BCUT2D eigenvalue weighted by Crippen LogP contribution is 2.39. The maximum atomic E-state index is 14.8. The lowest BCUT2D eigenvalue weighted by Gasteiger charge is -2.42. The second-order valence-electron chi connectivity index (χ2n) is 8.35. The van der Waals surface area contributed by atoms with Gasteiger partial charge in [0.1, 0.15) is 5.82 Å². The molecule has 1 atom stereocenters. The van der Waals surface area contributed by atoms with Gasteiger partial charge in [-0.3, -0.25) is 4.79 Å². The minimum atomic E-state index is -0.233. The van der Waals surface area contributed by atoms with Gasteiger partial charge in [0.05, 0.1) is 18.7 Å². The molecular formula is C25H31Cl2FN2O2. The van der Waals surface area contributed by atoms with Crippen LogP contribution in [-0.2, 0) is 16.1 Å². The Labute approximate surface area is 200 Å². The maximum Gasteiger partial charge on any atom is 0.308 e. The van der Waals surface area contributed by atoms with Crippen LogP contribution in [0.5, 0.6) is 0 Å². The Balaban J connectivity index is 1.49. The minimum Gasteiger partial charge on any atom is -0.469 e. The molecule has 4 nitrogen and oxygen atoms in total. The van der Waals surface area contributed by atoms with Gasteiger partial charge in [-0.25, -0.2) is 4.39 Å². The summed E-state index contributed by atoms with van der Waals surface area (Å²) in [5.74, 6) is -0.269. The van der Waals surface area contributed by atoms with E-state index in [-0.39, 0.29) is 23.6 Å². The second-order valence-corrected chi connectivity index (χ2v) is 9.17. The Morgan fingerprint density at radius 2 is 1.94 bits per heavy atom. The molecule has 1 fully saturated rings. The van der Waals surface area contributed by atoms with Crippen molar-refractivity contribution in [2.45, 2.75) is 45.1 Å². The predicted molar refractivity (Wildman–Crippen MR) is 129 cm³/mol. The molecule has 174 valence electrons. The second kappa shape index (κ2) is 11.9. The molecule has 0 spiro atoms. The number of carbonyl (C=O) groups is 1. The summed E-state index contributed by atoms with van der Waals surface area (Å²) in [6, 6.07) is 10.9. The normalized spacial score (nSPS) is 14.8. The molecule has 2 aromatic carbocycles. The minimum absolute atomic E-state index is 0.0856. The molecule has 0 saturated carbocycles. The smallest absolute Gasteiger partial charge is 0.308 e. The molecule has 2 aromatic rings. The highest BCUT2D eigenvalue weighted by Gasteiger charge is 2.32. The fourth-order valence-electron chi connectivity index (χ4n) is 4.18. The van der Waals surface area contributed by atoms with Crippen LogP contribution in [0.2, 0.25) is 10.0 Å². The molecular weight excluding hydrogens is 450 g/mol. The lowest BCUT2D eigenvalue weighted by atomic mass is 9.90. The monoisotopic (exact) mass is 480 g/mol. The van der Waals surface area contributed by atoms with Crippen LogP contribution in [-0.4, -0.2) is 32.7 Å². The van der Waals surface area contributed by atoms with E-state index in [0.717, 1.165) is 30.4 Å². The molecule has 0 amide bonds. The number of unbranched alkanes of at least 4 members (excludes halogenated alkanes) is 1. The summed E-state index contributed by atoms with van der Waals surface area (Å²) in [6.45, 7) is 4.71. The number of carbonyl (C=O) groups excluding carboxylic acids is 1. The fourth-order valence-corrected chi connectivity index (χ4v) is 4.89. The van der Waals surface area contributed by atoms with Gasteiger partial charge in [0.2, 0.25) is 0 Å². The van der Waals surface area contributed by atoms with Gasteiger partial charge in [-0.1, -0.05) is 55.1 Å². The molecule has 1 unspecified atom stereocenters. The first-order valence-corrected chi connectivity index (χ1v) is 12.0. The van der Waals surface area contributed by atoms with Crippen molar-refractivity contribution in [1.29, 1.82) is 0 Å². The number of anilines is 1. The van der Waals surface area contributed by atoms with Gasteiger partial charge in [0, 0.05) is 35.6 Å². The van der Waals surface area contributed by atoms with Gasteiger partial charge in [-0.15, -0.1) is 0 Å². The van der Waals surface area contributed by atoms with E-state index in [0.29, 0.717) is 48.3 Å². The fraction of sp³-hybridized carbons (Fsp3) is 0.480. The summed E-state index contributed by atoms with van der Waals surface area (Å²) in [5, 5.41) is 4.64. The number of nitrogens with one attached hydrogen (secondary N) is 1. The zero-order chi connectivity index (χ0) is 23.1. The van der Waals surface area contributed by atoms with Crippen molar-refractivity contribution in [2.75, 3.05) is 31.6 Å². The van der Waals surface area contributed by atoms with Crippen molar-refractivity contribution in [2.24, 2.45) is 5.92 Å². The lowest BCUT2D eigenvalue weighted by Crippen LogP contribution is -2.45. The maximum absolute atomic E-state index is 14.8. The van der Waals surface area contributed by atoms with Crippen molar-refractivity contribution in [3.63, 3.8) is 0 Å². The van der Waals surface area contributed by atoms with Crippen molar-refractivity contribution < 1.29 is 13.9 Å². The summed E-state index contributed by atoms with van der Waals surface area (Å²) >= 11 is 12.6. The van der Waals surface area contributed by atoms with Crippen LogP contribution in [0, 0.1) is 11.7 Å². The van der Waals surface area contributed by atoms with E-state index >= 15 is 0 Å². The molecule has 1 aliphatic heterocycles. The number of methoxy groups -OCH3 is 1. The van der Waals surface area contributed by atoms with E-state index in [4.69, 9.17) is 27.9 Å². The summed E-state index contributed by atoms with van der Waals surface area (Å²) in [4.78, 5) is 13.9. The van der Waals surface area contributed by atoms with Crippen molar-refractivity contribution in [3.05, 3.63) is 63.4 Å². The molecule has 1 N–H and O–H groups in total. The first kappa shape index (κ1) is 24.8. The quantitative estimate of drug-likeness (QED) is 0.307. The van der Waals surface area contributed by atoms with Gasteiger partial charge in [-0.2, -0.15) is 0 Å². The average Bonchev–Trinajstić information content (AvgIpc) is 2.74. The van der Waals surface area contributed by atoms with Gasteiger partial charge in [0.15, 0.2) is 0 Å². The Morgan fingerprint density at radius 3 is 2.56 bits per heavy atom. The summed E-state index contributed by atoms with van der Waals surface area (Å²) in [5.41, 5.74) is 2.41. The SMILES string of the molecule is CCCCC(CCNCc1ccc(N2CC(c3c(Cl)cccc3Cl)C2)c(F)c1)C(=O)OC. The van der Waals surface area contributed by atoms with E-state index in [2.05, 4.69) is 12.2 Å². The molecule has 7 heteroatoms. The molecule has 0 radical (unpaired) electrons. The van der Waals surface area contributed by atoms with Crippen LogP contribution in [0.1, 0.15) is 49.7 Å². The Morgan fingerprint density at radius 1 is 1.22 bits per heavy atom. The Kier molecular flexibility index (Phi) is 9.21. The number of nitrogens with zero attached hydrogens (tertiary/aromatic N) is 1. The molecule has 1 heterocycles.